The standard InChI is InChI=1S/C30H31N7S/c1-2-7-21(8-3-1)38-27-15-23-22(11-14-33-29(23)37-27)30-35-25-17-32-16-24(19-5-4-6-19)28(25)26(36-30)18-34-20-9-12-31-13-10-20/h1-3,7-8,11,14-17,19-20,31,34H,4-6,9-10,12-13,18H2,(H,33,37). The van der Waals surface area contributed by atoms with E-state index in [2.05, 4.69) is 55.9 Å². The molecule has 2 aliphatic rings. The highest BCUT2D eigenvalue weighted by Gasteiger charge is 2.25. The maximum atomic E-state index is 5.23. The van der Waals surface area contributed by atoms with Gasteiger partial charge in [-0.3, -0.25) is 4.98 Å². The molecule has 0 radical (unpaired) electrons. The van der Waals surface area contributed by atoms with E-state index in [0.29, 0.717) is 12.0 Å². The minimum absolute atomic E-state index is 0.508. The van der Waals surface area contributed by atoms with Crippen molar-refractivity contribution in [1.29, 1.82) is 0 Å². The van der Waals surface area contributed by atoms with Crippen molar-refractivity contribution in [3.05, 3.63) is 72.3 Å². The molecule has 0 unspecified atom stereocenters. The van der Waals surface area contributed by atoms with Crippen molar-refractivity contribution in [1.82, 2.24) is 35.6 Å². The van der Waals surface area contributed by atoms with E-state index in [1.807, 2.05) is 30.7 Å². The van der Waals surface area contributed by atoms with E-state index in [1.54, 1.807) is 11.8 Å². The molecule has 1 aliphatic carbocycles. The maximum Gasteiger partial charge on any atom is 0.160 e. The summed E-state index contributed by atoms with van der Waals surface area (Å²) in [6, 6.07) is 15.1. The van der Waals surface area contributed by atoms with Gasteiger partial charge in [-0.25, -0.2) is 15.0 Å². The number of aromatic nitrogens is 5. The fraction of sp³-hybridized carbons (Fsp3) is 0.333. The molecule has 1 saturated carbocycles. The number of H-pyrrole nitrogens is 1. The SMILES string of the molecule is c1ccc(Sc2cc3c(-c4nc(CNC5CCNCC5)c5c(C6CCC6)cncc5n4)ccnc3[nH]2)cc1. The summed E-state index contributed by atoms with van der Waals surface area (Å²) in [6.45, 7) is 2.86. The zero-order chi connectivity index (χ0) is 25.3. The Balaban J connectivity index is 1.30. The molecule has 4 aromatic heterocycles. The molecule has 3 N–H and O–H groups in total. The lowest BCUT2D eigenvalue weighted by molar-refractivity contribution is 0.385. The van der Waals surface area contributed by atoms with Gasteiger partial charge in [0.2, 0.25) is 0 Å². The molecule has 5 aromatic rings. The molecule has 38 heavy (non-hydrogen) atoms. The number of rotatable bonds is 7. The van der Waals surface area contributed by atoms with Gasteiger partial charge in [0.05, 0.1) is 22.4 Å². The van der Waals surface area contributed by atoms with Gasteiger partial charge < -0.3 is 15.6 Å². The lowest BCUT2D eigenvalue weighted by Gasteiger charge is -2.28. The average Bonchev–Trinajstić information content (AvgIpc) is 3.34. The molecule has 1 aromatic carbocycles. The van der Waals surface area contributed by atoms with Crippen LogP contribution in [0.25, 0.3) is 33.3 Å². The monoisotopic (exact) mass is 521 g/mol. The van der Waals surface area contributed by atoms with Crippen LogP contribution in [-0.4, -0.2) is 44.1 Å². The number of hydrogen-bond donors (Lipinski definition) is 3. The van der Waals surface area contributed by atoms with Crippen LogP contribution in [0.5, 0.6) is 0 Å². The molecule has 0 amide bonds. The lowest BCUT2D eigenvalue weighted by Crippen LogP contribution is -2.39. The van der Waals surface area contributed by atoms with E-state index in [-0.39, 0.29) is 0 Å². The smallest absolute Gasteiger partial charge is 0.160 e. The molecule has 192 valence electrons. The third-order valence-electron chi connectivity index (χ3n) is 7.87. The molecule has 0 spiro atoms. The van der Waals surface area contributed by atoms with Gasteiger partial charge in [0.1, 0.15) is 5.65 Å². The topological polar surface area (TPSA) is 91.4 Å². The summed E-state index contributed by atoms with van der Waals surface area (Å²) in [4.78, 5) is 24.2. The quantitative estimate of drug-likeness (QED) is 0.248. The van der Waals surface area contributed by atoms with E-state index < -0.39 is 0 Å². The van der Waals surface area contributed by atoms with Gasteiger partial charge in [0.25, 0.3) is 0 Å². The highest BCUT2D eigenvalue weighted by Crippen LogP contribution is 2.40. The Bertz CT molecular complexity index is 1570. The molecular formula is C30H31N7S. The van der Waals surface area contributed by atoms with E-state index in [1.165, 1.54) is 35.1 Å². The Labute approximate surface area is 226 Å². The van der Waals surface area contributed by atoms with Gasteiger partial charge in [0, 0.05) is 46.2 Å². The normalized spacial score (nSPS) is 16.7. The molecule has 7 nitrogen and oxygen atoms in total. The summed E-state index contributed by atoms with van der Waals surface area (Å²) in [5.74, 6) is 1.29. The van der Waals surface area contributed by atoms with Gasteiger partial charge in [-0.15, -0.1) is 0 Å². The van der Waals surface area contributed by atoms with E-state index >= 15 is 0 Å². The Morgan fingerprint density at radius 2 is 1.84 bits per heavy atom. The minimum Gasteiger partial charge on any atom is -0.334 e. The fourth-order valence-electron chi connectivity index (χ4n) is 5.60. The summed E-state index contributed by atoms with van der Waals surface area (Å²) in [6.07, 6.45) is 11.8. The van der Waals surface area contributed by atoms with E-state index in [4.69, 9.17) is 9.97 Å². The second kappa shape index (κ2) is 10.4. The molecule has 8 heteroatoms. The van der Waals surface area contributed by atoms with Crippen LogP contribution in [0.15, 0.2) is 71.0 Å². The molecule has 0 bridgehead atoms. The molecule has 2 fully saturated rings. The Morgan fingerprint density at radius 1 is 0.974 bits per heavy atom. The number of aromatic amines is 1. The third kappa shape index (κ3) is 4.68. The van der Waals surface area contributed by atoms with Gasteiger partial charge in [0.15, 0.2) is 5.82 Å². The summed E-state index contributed by atoms with van der Waals surface area (Å²) >= 11 is 1.70. The molecule has 1 saturated heterocycles. The number of nitrogens with one attached hydrogen (secondary N) is 3. The largest absolute Gasteiger partial charge is 0.334 e. The Hall–Kier alpha value is -3.33. The molecule has 5 heterocycles. The second-order valence-electron chi connectivity index (χ2n) is 10.3. The second-order valence-corrected chi connectivity index (χ2v) is 11.4. The van der Waals surface area contributed by atoms with Gasteiger partial charge in [-0.05, 0) is 74.5 Å². The summed E-state index contributed by atoms with van der Waals surface area (Å²) in [5, 5.41) is 10.5. The number of nitrogens with zero attached hydrogens (tertiary/aromatic N) is 4. The van der Waals surface area contributed by atoms with Crippen molar-refractivity contribution < 1.29 is 0 Å². The predicted molar refractivity (Wildman–Crippen MR) is 152 cm³/mol. The number of fused-ring (bicyclic) bond motifs is 2. The van der Waals surface area contributed by atoms with Crippen LogP contribution in [0.1, 0.15) is 49.3 Å². The van der Waals surface area contributed by atoms with Crippen molar-refractivity contribution in [2.24, 2.45) is 0 Å². The van der Waals surface area contributed by atoms with Crippen LogP contribution >= 0.6 is 11.8 Å². The minimum atomic E-state index is 0.508. The van der Waals surface area contributed by atoms with Crippen molar-refractivity contribution in [2.45, 2.75) is 60.5 Å². The predicted octanol–water partition coefficient (Wildman–Crippen LogP) is 5.83. The number of benzene rings is 1. The average molecular weight is 522 g/mol. The Kier molecular flexibility index (Phi) is 6.53. The molecule has 1 aliphatic heterocycles. The van der Waals surface area contributed by atoms with Crippen LogP contribution in [0.4, 0.5) is 0 Å². The van der Waals surface area contributed by atoms with Gasteiger partial charge >= 0.3 is 0 Å². The first-order valence-corrected chi connectivity index (χ1v) is 14.4. The van der Waals surface area contributed by atoms with Crippen LogP contribution in [0.2, 0.25) is 0 Å². The van der Waals surface area contributed by atoms with Crippen molar-refractivity contribution in [3.8, 4) is 11.4 Å². The van der Waals surface area contributed by atoms with Crippen molar-refractivity contribution >= 4 is 33.7 Å². The van der Waals surface area contributed by atoms with Crippen molar-refractivity contribution in [3.63, 3.8) is 0 Å². The summed E-state index contributed by atoms with van der Waals surface area (Å²) in [7, 11) is 0. The maximum absolute atomic E-state index is 5.23. The highest BCUT2D eigenvalue weighted by molar-refractivity contribution is 7.99. The van der Waals surface area contributed by atoms with Crippen LogP contribution in [0.3, 0.4) is 0 Å². The Morgan fingerprint density at radius 3 is 2.66 bits per heavy atom. The van der Waals surface area contributed by atoms with Crippen LogP contribution in [0, 0.1) is 0 Å². The first kappa shape index (κ1) is 23.8. The van der Waals surface area contributed by atoms with E-state index in [9.17, 15) is 0 Å². The third-order valence-corrected chi connectivity index (χ3v) is 8.82. The fourth-order valence-corrected chi connectivity index (χ4v) is 6.47. The molecule has 7 rings (SSSR count). The zero-order valence-corrected chi connectivity index (χ0v) is 22.1. The molecule has 0 atom stereocenters. The number of piperidine rings is 1. The summed E-state index contributed by atoms with van der Waals surface area (Å²) in [5.41, 5.74) is 5.16. The van der Waals surface area contributed by atoms with Crippen molar-refractivity contribution in [2.75, 3.05) is 13.1 Å². The first-order valence-electron chi connectivity index (χ1n) is 13.6. The van der Waals surface area contributed by atoms with Crippen LogP contribution < -0.4 is 10.6 Å². The van der Waals surface area contributed by atoms with Gasteiger partial charge in [-0.1, -0.05) is 36.4 Å². The van der Waals surface area contributed by atoms with E-state index in [0.717, 1.165) is 71.1 Å². The lowest BCUT2D eigenvalue weighted by atomic mass is 9.79. The molecular weight excluding hydrogens is 490 g/mol. The van der Waals surface area contributed by atoms with Gasteiger partial charge in [-0.2, -0.15) is 0 Å². The summed E-state index contributed by atoms with van der Waals surface area (Å²) < 4.78 is 0. The van der Waals surface area contributed by atoms with Crippen LogP contribution in [-0.2, 0) is 6.54 Å². The highest BCUT2D eigenvalue weighted by atomic mass is 32.2. The first-order chi connectivity index (χ1) is 18.8. The number of pyridine rings is 2. The zero-order valence-electron chi connectivity index (χ0n) is 21.3. The number of hydrogen-bond acceptors (Lipinski definition) is 7.